The molecule has 1 aliphatic rings. The number of unbranched alkanes of at least 4 members (excludes halogenated alkanes) is 5. The molecule has 0 bridgehead atoms. The van der Waals surface area contributed by atoms with Crippen LogP contribution in [0.2, 0.25) is 0 Å². The van der Waals surface area contributed by atoms with Crippen molar-refractivity contribution in [3.05, 3.63) is 28.6 Å². The highest BCUT2D eigenvalue weighted by molar-refractivity contribution is 5.86. The van der Waals surface area contributed by atoms with Crippen molar-refractivity contribution in [2.45, 2.75) is 104 Å². The number of hydrogen-bond donors (Lipinski definition) is 1. The normalized spacial score (nSPS) is 21.0. The molecule has 0 radical (unpaired) electrons. The molecule has 14 nitrogen and oxygen atoms in total. The molecule has 1 aliphatic heterocycles. The maximum atomic E-state index is 12.7. The van der Waals surface area contributed by atoms with E-state index in [4.69, 9.17) is 37.6 Å². The number of aromatic hydroxyl groups is 1. The van der Waals surface area contributed by atoms with Gasteiger partial charge in [0.2, 0.25) is 18.1 Å². The van der Waals surface area contributed by atoms with Gasteiger partial charge in [0.25, 0.3) is 0 Å². The molecule has 0 saturated carbocycles. The Kier molecular flexibility index (Phi) is 13.0. The lowest BCUT2D eigenvalue weighted by molar-refractivity contribution is -0.288. The van der Waals surface area contributed by atoms with E-state index in [0.717, 1.165) is 59.8 Å². The molecule has 0 amide bonds. The van der Waals surface area contributed by atoms with Crippen LogP contribution in [0.15, 0.2) is 27.4 Å². The Morgan fingerprint density at radius 2 is 1.44 bits per heavy atom. The second-order valence-corrected chi connectivity index (χ2v) is 10.5. The largest absolute Gasteiger partial charge is 0.504 e. The summed E-state index contributed by atoms with van der Waals surface area (Å²) in [6.07, 6.45) is -0.829. The lowest BCUT2D eigenvalue weighted by atomic mass is 9.98. The van der Waals surface area contributed by atoms with Crippen LogP contribution in [0, 0.1) is 0 Å². The minimum atomic E-state index is -1.50. The summed E-state index contributed by atoms with van der Waals surface area (Å²) in [7, 11) is 0. The number of ether oxygens (including phenoxy) is 7. The molecule has 2 aromatic rings. The second-order valence-electron chi connectivity index (χ2n) is 10.5. The standard InChI is InChI=1S/C31H40O14/c1-6-7-8-9-10-11-14-38-27-25(36)22-13-12-21(15-23(22)44-30(27)37)43-31-29(42-20(5)35)28(41-19(4)34)26(40-18(3)33)24(45-31)16-39-17(2)32/h12-13,15,24,26,28-29,31,36H,6-11,14,16H2,1-5H3/t24-,26+,28+,29-,31-/m1/s1. The van der Waals surface area contributed by atoms with Crippen LogP contribution in [0.1, 0.15) is 73.1 Å². The molecule has 14 heteroatoms. The summed E-state index contributed by atoms with van der Waals surface area (Å²) < 4.78 is 44.0. The first-order valence-corrected chi connectivity index (χ1v) is 14.8. The zero-order valence-corrected chi connectivity index (χ0v) is 26.0. The summed E-state index contributed by atoms with van der Waals surface area (Å²) in [6, 6.07) is 4.14. The molecule has 0 unspecified atom stereocenters. The Balaban J connectivity index is 1.89. The van der Waals surface area contributed by atoms with Crippen molar-refractivity contribution in [1.82, 2.24) is 0 Å². The number of carbonyl (C=O) groups is 4. The average Bonchev–Trinajstić information content (AvgIpc) is 2.95. The molecule has 5 atom stereocenters. The van der Waals surface area contributed by atoms with Crippen LogP contribution >= 0.6 is 0 Å². The highest BCUT2D eigenvalue weighted by Gasteiger charge is 2.53. The number of esters is 4. The lowest BCUT2D eigenvalue weighted by Gasteiger charge is -2.43. The van der Waals surface area contributed by atoms with Crippen molar-refractivity contribution in [2.75, 3.05) is 13.2 Å². The lowest BCUT2D eigenvalue weighted by Crippen LogP contribution is -2.63. The molecule has 1 aromatic carbocycles. The molecule has 0 aliphatic carbocycles. The van der Waals surface area contributed by atoms with Gasteiger partial charge in [-0.3, -0.25) is 19.2 Å². The van der Waals surface area contributed by atoms with E-state index in [9.17, 15) is 29.1 Å². The third-order valence-corrected chi connectivity index (χ3v) is 6.76. The Hall–Kier alpha value is -4.33. The number of carbonyl (C=O) groups excluding carboxylic acids is 4. The van der Waals surface area contributed by atoms with Crippen LogP contribution in [-0.2, 0) is 42.9 Å². The molecular weight excluding hydrogens is 596 g/mol. The molecule has 1 saturated heterocycles. The highest BCUT2D eigenvalue weighted by atomic mass is 16.7. The van der Waals surface area contributed by atoms with Crippen molar-refractivity contribution in [1.29, 1.82) is 0 Å². The maximum Gasteiger partial charge on any atom is 0.383 e. The first kappa shape index (κ1) is 35.2. The van der Waals surface area contributed by atoms with Gasteiger partial charge in [-0.05, 0) is 18.6 Å². The van der Waals surface area contributed by atoms with Gasteiger partial charge in [-0.15, -0.1) is 0 Å². The van der Waals surface area contributed by atoms with Crippen LogP contribution in [0.25, 0.3) is 11.0 Å². The van der Waals surface area contributed by atoms with E-state index in [0.29, 0.717) is 6.42 Å². The number of hydrogen-bond acceptors (Lipinski definition) is 14. The van der Waals surface area contributed by atoms with Crippen LogP contribution in [0.3, 0.4) is 0 Å². The van der Waals surface area contributed by atoms with E-state index in [1.54, 1.807) is 0 Å². The fourth-order valence-electron chi connectivity index (χ4n) is 4.82. The first-order valence-electron chi connectivity index (χ1n) is 14.8. The zero-order valence-electron chi connectivity index (χ0n) is 26.0. The van der Waals surface area contributed by atoms with Crippen LogP contribution < -0.4 is 15.1 Å². The van der Waals surface area contributed by atoms with E-state index in [2.05, 4.69) is 6.92 Å². The van der Waals surface area contributed by atoms with Gasteiger partial charge < -0.3 is 42.7 Å². The van der Waals surface area contributed by atoms with Gasteiger partial charge in [0.1, 0.15) is 24.0 Å². The predicted molar refractivity (Wildman–Crippen MR) is 156 cm³/mol. The second kappa shape index (κ2) is 16.7. The van der Waals surface area contributed by atoms with Gasteiger partial charge in [-0.1, -0.05) is 39.0 Å². The molecule has 45 heavy (non-hydrogen) atoms. The molecule has 1 N–H and O–H groups in total. The van der Waals surface area contributed by atoms with E-state index >= 15 is 0 Å². The highest BCUT2D eigenvalue weighted by Crippen LogP contribution is 2.35. The molecule has 1 aromatic heterocycles. The van der Waals surface area contributed by atoms with Crippen molar-refractivity contribution >= 4 is 34.8 Å². The SMILES string of the molecule is CCCCCCCCOc1c(O)c2ccc(O[C@@H]3O[C@H](COC(C)=O)[C@H](OC(C)=O)[C@H](OC(C)=O)[C@H]3OC(C)=O)cc2oc1=O. The maximum absolute atomic E-state index is 12.7. The van der Waals surface area contributed by atoms with E-state index < -0.39 is 72.6 Å². The summed E-state index contributed by atoms with van der Waals surface area (Å²) in [4.78, 5) is 60.2. The zero-order chi connectivity index (χ0) is 33.1. The van der Waals surface area contributed by atoms with Crippen molar-refractivity contribution < 1.29 is 61.9 Å². The van der Waals surface area contributed by atoms with Gasteiger partial charge in [0, 0.05) is 33.8 Å². The number of rotatable bonds is 15. The summed E-state index contributed by atoms with van der Waals surface area (Å²) in [5.74, 6) is -3.68. The molecular formula is C31H40O14. The summed E-state index contributed by atoms with van der Waals surface area (Å²) in [6.45, 7) is 6.42. The average molecular weight is 637 g/mol. The third kappa shape index (κ3) is 10.1. The predicted octanol–water partition coefficient (Wildman–Crippen LogP) is 3.70. The smallest absolute Gasteiger partial charge is 0.383 e. The summed E-state index contributed by atoms with van der Waals surface area (Å²) in [5.41, 5.74) is -0.942. The third-order valence-electron chi connectivity index (χ3n) is 6.76. The van der Waals surface area contributed by atoms with E-state index in [-0.39, 0.29) is 29.1 Å². The number of benzene rings is 1. The van der Waals surface area contributed by atoms with Gasteiger partial charge in [0.05, 0.1) is 12.0 Å². The number of fused-ring (bicyclic) bond motifs is 1. The Bertz CT molecular complexity index is 1400. The van der Waals surface area contributed by atoms with E-state index in [1.165, 1.54) is 18.2 Å². The van der Waals surface area contributed by atoms with E-state index in [1.807, 2.05) is 0 Å². The molecule has 0 spiro atoms. The minimum absolute atomic E-state index is 0.0340. The molecule has 2 heterocycles. The molecule has 3 rings (SSSR count). The quantitative estimate of drug-likeness (QED) is 0.129. The summed E-state index contributed by atoms with van der Waals surface area (Å²) in [5, 5.41) is 10.9. The first-order chi connectivity index (χ1) is 21.4. The Morgan fingerprint density at radius 1 is 0.822 bits per heavy atom. The molecule has 1 fully saturated rings. The van der Waals surface area contributed by atoms with Crippen molar-refractivity contribution in [3.8, 4) is 17.2 Å². The fraction of sp³-hybridized carbons (Fsp3) is 0.581. The fourth-order valence-corrected chi connectivity index (χ4v) is 4.82. The Labute approximate surface area is 259 Å². The van der Waals surface area contributed by atoms with Gasteiger partial charge in [0.15, 0.2) is 18.0 Å². The van der Waals surface area contributed by atoms with Gasteiger partial charge in [-0.25, -0.2) is 4.79 Å². The van der Waals surface area contributed by atoms with Gasteiger partial charge >= 0.3 is 29.5 Å². The topological polar surface area (TPSA) is 183 Å². The van der Waals surface area contributed by atoms with Crippen molar-refractivity contribution in [2.24, 2.45) is 0 Å². The Morgan fingerprint density at radius 3 is 2.09 bits per heavy atom. The molecule has 248 valence electrons. The van der Waals surface area contributed by atoms with Gasteiger partial charge in [-0.2, -0.15) is 0 Å². The monoisotopic (exact) mass is 636 g/mol. The summed E-state index contributed by atoms with van der Waals surface area (Å²) >= 11 is 0. The van der Waals surface area contributed by atoms with Crippen LogP contribution in [0.4, 0.5) is 0 Å². The van der Waals surface area contributed by atoms with Crippen LogP contribution in [-0.4, -0.2) is 72.9 Å². The van der Waals surface area contributed by atoms with Crippen LogP contribution in [0.5, 0.6) is 17.2 Å². The van der Waals surface area contributed by atoms with Crippen molar-refractivity contribution in [3.63, 3.8) is 0 Å². The minimum Gasteiger partial charge on any atom is -0.504 e.